The summed E-state index contributed by atoms with van der Waals surface area (Å²) >= 11 is 0. The van der Waals surface area contributed by atoms with Crippen LogP contribution in [0.2, 0.25) is 0 Å². The van der Waals surface area contributed by atoms with Crippen molar-refractivity contribution in [2.24, 2.45) is 0 Å². The molecule has 0 heterocycles. The van der Waals surface area contributed by atoms with Gasteiger partial charge in [0.25, 0.3) is 0 Å². The monoisotopic (exact) mass is 71.1 g/mol. The highest BCUT2D eigenvalue weighted by Gasteiger charge is 1.45. The van der Waals surface area contributed by atoms with Gasteiger partial charge < -0.3 is 5.32 Å². The van der Waals surface area contributed by atoms with Crippen molar-refractivity contribution in [3.05, 3.63) is 12.3 Å². The minimum Gasteiger partial charge on any atom is -0.394 e. The van der Waals surface area contributed by atoms with Crippen LogP contribution in [0.25, 0.3) is 0 Å². The van der Waals surface area contributed by atoms with Crippen LogP contribution in [0, 0.1) is 0 Å². The third-order valence-electron chi connectivity index (χ3n) is 0.333. The quantitative estimate of drug-likeness (QED) is 0.480. The Bertz CT molecular complexity index is 30.6. The molecule has 1 heteroatoms. The van der Waals surface area contributed by atoms with Crippen LogP contribution < -0.4 is 5.32 Å². The average Bonchev–Trinajstić information content (AvgIpc) is 1.41. The van der Waals surface area contributed by atoms with Crippen LogP contribution >= 0.6 is 0 Å². The van der Waals surface area contributed by atoms with E-state index in [9.17, 15) is 0 Å². The number of hydrogen-bond acceptors (Lipinski definition) is 1. The highest BCUT2D eigenvalue weighted by molar-refractivity contribution is 4.70. The van der Waals surface area contributed by atoms with Gasteiger partial charge in [-0.05, 0) is 13.1 Å². The molecule has 0 aliphatic heterocycles. The minimum absolute atomic E-state index is 1.88. The average molecular weight is 71.1 g/mol. The molecule has 0 radical (unpaired) electrons. The van der Waals surface area contributed by atoms with Gasteiger partial charge in [-0.1, -0.05) is 6.08 Å². The molecule has 0 aliphatic carbocycles. The second-order valence-electron chi connectivity index (χ2n) is 0.789. The van der Waals surface area contributed by atoms with Gasteiger partial charge in [-0.25, -0.2) is 0 Å². The maximum Gasteiger partial charge on any atom is 0.00276 e. The molecule has 0 rings (SSSR count). The Morgan fingerprint density at radius 2 is 2.20 bits per heavy atom. The molecule has 0 unspecified atom stereocenters. The number of allylic oxidation sites excluding steroid dienone is 1. The van der Waals surface area contributed by atoms with Crippen LogP contribution in [0.15, 0.2) is 12.3 Å². The van der Waals surface area contributed by atoms with Crippen molar-refractivity contribution in [2.45, 2.75) is 6.92 Å². The summed E-state index contributed by atoms with van der Waals surface area (Å²) in [5.74, 6) is 0. The van der Waals surface area contributed by atoms with E-state index in [0.29, 0.717) is 0 Å². The first-order valence-corrected chi connectivity index (χ1v) is 1.70. The van der Waals surface area contributed by atoms with Crippen LogP contribution in [-0.2, 0) is 0 Å². The van der Waals surface area contributed by atoms with Crippen molar-refractivity contribution in [1.82, 2.24) is 5.32 Å². The third kappa shape index (κ3) is 3.54. The summed E-state index contributed by atoms with van der Waals surface area (Å²) in [6, 6.07) is 0. The van der Waals surface area contributed by atoms with Crippen LogP contribution in [0.4, 0.5) is 0 Å². The third-order valence-corrected chi connectivity index (χ3v) is 0.333. The maximum atomic E-state index is 2.84. The smallest absolute Gasteiger partial charge is 0.00276 e. The molecule has 0 bridgehead atoms. The molecule has 0 saturated carbocycles. The lowest BCUT2D eigenvalue weighted by atomic mass is 10.7. The van der Waals surface area contributed by atoms with Gasteiger partial charge in [-0.15, -0.1) is 0 Å². The first kappa shape index (κ1) is 4.54. The SMILES string of the molecule is CC=CNC. The molecule has 0 aromatic rings. The number of rotatable bonds is 1. The summed E-state index contributed by atoms with van der Waals surface area (Å²) in [5.41, 5.74) is 0. The molecule has 30 valence electrons. The van der Waals surface area contributed by atoms with Gasteiger partial charge in [-0.2, -0.15) is 0 Å². The molecule has 0 saturated heterocycles. The zero-order chi connectivity index (χ0) is 4.12. The first-order valence-electron chi connectivity index (χ1n) is 1.70. The van der Waals surface area contributed by atoms with Gasteiger partial charge >= 0.3 is 0 Å². The molecule has 0 aromatic carbocycles. The van der Waals surface area contributed by atoms with Crippen LogP contribution in [0.3, 0.4) is 0 Å². The summed E-state index contributed by atoms with van der Waals surface area (Å²) in [6.45, 7) is 1.97. The number of nitrogens with one attached hydrogen (secondary N) is 1. The predicted octanol–water partition coefficient (Wildman–Crippen LogP) is 0.739. The van der Waals surface area contributed by atoms with E-state index >= 15 is 0 Å². The Morgan fingerprint density at radius 1 is 1.60 bits per heavy atom. The molecule has 0 aliphatic rings. The summed E-state index contributed by atoms with van der Waals surface area (Å²) in [4.78, 5) is 0. The van der Waals surface area contributed by atoms with Crippen LogP contribution in [0.1, 0.15) is 6.92 Å². The lowest BCUT2D eigenvalue weighted by molar-refractivity contribution is 1.10. The standard InChI is InChI=1S/C4H9N/c1-3-4-5-2/h3-5H,1-2H3. The van der Waals surface area contributed by atoms with Crippen molar-refractivity contribution in [1.29, 1.82) is 0 Å². The lowest BCUT2D eigenvalue weighted by Gasteiger charge is -1.75. The summed E-state index contributed by atoms with van der Waals surface area (Å²) < 4.78 is 0. The van der Waals surface area contributed by atoms with Gasteiger partial charge in [0.2, 0.25) is 0 Å². The van der Waals surface area contributed by atoms with E-state index in [0.717, 1.165) is 0 Å². The van der Waals surface area contributed by atoms with Gasteiger partial charge in [0.15, 0.2) is 0 Å². The van der Waals surface area contributed by atoms with Gasteiger partial charge in [0, 0.05) is 7.05 Å². The van der Waals surface area contributed by atoms with Crippen molar-refractivity contribution >= 4 is 0 Å². The van der Waals surface area contributed by atoms with E-state index in [1.807, 2.05) is 26.2 Å². The second kappa shape index (κ2) is 3.54. The largest absolute Gasteiger partial charge is 0.394 e. The van der Waals surface area contributed by atoms with Crippen molar-refractivity contribution < 1.29 is 0 Å². The number of hydrogen-bond donors (Lipinski definition) is 1. The predicted molar refractivity (Wildman–Crippen MR) is 23.9 cm³/mol. The van der Waals surface area contributed by atoms with E-state index in [1.165, 1.54) is 0 Å². The van der Waals surface area contributed by atoms with Gasteiger partial charge in [0.1, 0.15) is 0 Å². The molecular formula is C4H9N. The molecule has 1 N–H and O–H groups in total. The van der Waals surface area contributed by atoms with E-state index in [1.54, 1.807) is 0 Å². The molecule has 0 atom stereocenters. The molecule has 0 spiro atoms. The Labute approximate surface area is 32.7 Å². The zero-order valence-electron chi connectivity index (χ0n) is 3.65. The van der Waals surface area contributed by atoms with E-state index in [-0.39, 0.29) is 0 Å². The van der Waals surface area contributed by atoms with Crippen LogP contribution in [-0.4, -0.2) is 7.05 Å². The van der Waals surface area contributed by atoms with E-state index < -0.39 is 0 Å². The Hall–Kier alpha value is -0.460. The molecule has 0 aromatic heterocycles. The van der Waals surface area contributed by atoms with E-state index in [2.05, 4.69) is 5.32 Å². The fourth-order valence-corrected chi connectivity index (χ4v) is 0.167. The Morgan fingerprint density at radius 3 is 2.20 bits per heavy atom. The van der Waals surface area contributed by atoms with Crippen molar-refractivity contribution in [3.8, 4) is 0 Å². The molecular weight excluding hydrogens is 62.1 g/mol. The summed E-state index contributed by atoms with van der Waals surface area (Å²) in [6.07, 6.45) is 3.82. The summed E-state index contributed by atoms with van der Waals surface area (Å²) in [7, 11) is 1.88. The lowest BCUT2D eigenvalue weighted by Crippen LogP contribution is -1.89. The van der Waals surface area contributed by atoms with Crippen molar-refractivity contribution in [3.63, 3.8) is 0 Å². The van der Waals surface area contributed by atoms with Crippen molar-refractivity contribution in [2.75, 3.05) is 7.05 Å². The highest BCUT2D eigenvalue weighted by atomic mass is 14.8. The maximum absolute atomic E-state index is 2.84. The van der Waals surface area contributed by atoms with Gasteiger partial charge in [-0.3, -0.25) is 0 Å². The normalized spacial score (nSPS) is 9.20. The second-order valence-corrected chi connectivity index (χ2v) is 0.789. The molecule has 5 heavy (non-hydrogen) atoms. The molecule has 1 nitrogen and oxygen atoms in total. The minimum atomic E-state index is 1.88. The zero-order valence-corrected chi connectivity index (χ0v) is 3.65. The van der Waals surface area contributed by atoms with Gasteiger partial charge in [0.05, 0.1) is 0 Å². The first-order chi connectivity index (χ1) is 2.41. The van der Waals surface area contributed by atoms with E-state index in [4.69, 9.17) is 0 Å². The Kier molecular flexibility index (Phi) is 3.21. The fraction of sp³-hybridized carbons (Fsp3) is 0.500. The fourth-order valence-electron chi connectivity index (χ4n) is 0.167. The topological polar surface area (TPSA) is 12.0 Å². The molecule has 0 amide bonds. The highest BCUT2D eigenvalue weighted by Crippen LogP contribution is 1.53. The summed E-state index contributed by atoms with van der Waals surface area (Å²) in [5, 5.41) is 2.84. The van der Waals surface area contributed by atoms with Crippen LogP contribution in [0.5, 0.6) is 0 Å². The molecule has 0 fully saturated rings. The Balaban J connectivity index is 2.62.